The number of hydrogen-bond donors (Lipinski definition) is 1. The van der Waals surface area contributed by atoms with Crippen molar-refractivity contribution in [3.8, 4) is 11.5 Å². The first-order valence-corrected chi connectivity index (χ1v) is 6.49. The third-order valence-corrected chi connectivity index (χ3v) is 3.58. The number of ether oxygens (including phenoxy) is 1. The summed E-state index contributed by atoms with van der Waals surface area (Å²) in [5.74, 6) is 0.709. The molecule has 0 spiro atoms. The van der Waals surface area contributed by atoms with Gasteiger partial charge in [-0.1, -0.05) is 6.07 Å². The first-order chi connectivity index (χ1) is 9.54. The summed E-state index contributed by atoms with van der Waals surface area (Å²) in [7, 11) is 0. The van der Waals surface area contributed by atoms with Crippen LogP contribution in [0.25, 0.3) is 5.57 Å². The maximum atomic E-state index is 13.2. The fraction of sp³-hybridized carbons (Fsp3) is 0.176. The van der Waals surface area contributed by atoms with Gasteiger partial charge in [-0.05, 0) is 67.0 Å². The molecule has 1 unspecified atom stereocenters. The normalized spacial score (nSPS) is 17.1. The summed E-state index contributed by atoms with van der Waals surface area (Å²) in [6.07, 6.45) is 1.76. The van der Waals surface area contributed by atoms with Crippen molar-refractivity contribution >= 4 is 5.57 Å². The molecule has 102 valence electrons. The van der Waals surface area contributed by atoms with Crippen LogP contribution in [0.1, 0.15) is 29.7 Å². The van der Waals surface area contributed by atoms with Crippen LogP contribution in [0.5, 0.6) is 11.5 Å². The van der Waals surface area contributed by atoms with E-state index in [0.29, 0.717) is 0 Å². The highest BCUT2D eigenvalue weighted by molar-refractivity contribution is 5.72. The second kappa shape index (κ2) is 4.67. The van der Waals surface area contributed by atoms with Gasteiger partial charge < -0.3 is 9.84 Å². The fourth-order valence-electron chi connectivity index (χ4n) is 2.53. The molecule has 2 aromatic rings. The van der Waals surface area contributed by atoms with E-state index >= 15 is 0 Å². The molecule has 3 heteroatoms. The highest BCUT2D eigenvalue weighted by Gasteiger charge is 2.21. The van der Waals surface area contributed by atoms with E-state index in [2.05, 4.69) is 0 Å². The summed E-state index contributed by atoms with van der Waals surface area (Å²) < 4.78 is 19.1. The summed E-state index contributed by atoms with van der Waals surface area (Å²) in [4.78, 5) is 0. The predicted molar refractivity (Wildman–Crippen MR) is 76.3 cm³/mol. The Morgan fingerprint density at radius 3 is 2.65 bits per heavy atom. The van der Waals surface area contributed by atoms with Gasteiger partial charge in [0.1, 0.15) is 23.4 Å². The molecule has 0 bridgehead atoms. The molecule has 0 aliphatic carbocycles. The van der Waals surface area contributed by atoms with Crippen LogP contribution < -0.4 is 4.74 Å². The number of benzene rings is 2. The molecular formula is C17H15FO2. The summed E-state index contributed by atoms with van der Waals surface area (Å²) >= 11 is 0. The van der Waals surface area contributed by atoms with Gasteiger partial charge in [0.25, 0.3) is 0 Å². The molecule has 0 fully saturated rings. The molecule has 0 amide bonds. The number of phenols is 1. The number of phenolic OH excluding ortho intramolecular Hbond substituents is 1. The van der Waals surface area contributed by atoms with Crippen molar-refractivity contribution in [2.24, 2.45) is 0 Å². The molecule has 1 aliphatic rings. The number of rotatable bonds is 1. The van der Waals surface area contributed by atoms with Gasteiger partial charge >= 0.3 is 0 Å². The Balaban J connectivity index is 2.03. The van der Waals surface area contributed by atoms with Crippen molar-refractivity contribution in [1.29, 1.82) is 0 Å². The molecule has 1 atom stereocenters. The summed E-state index contributed by atoms with van der Waals surface area (Å²) in [6.45, 7) is 3.85. The minimum Gasteiger partial charge on any atom is -0.508 e. The minimum absolute atomic E-state index is 0.219. The van der Waals surface area contributed by atoms with Crippen molar-refractivity contribution < 1.29 is 14.2 Å². The van der Waals surface area contributed by atoms with E-state index in [4.69, 9.17) is 4.74 Å². The highest BCUT2D eigenvalue weighted by atomic mass is 19.1. The monoisotopic (exact) mass is 270 g/mol. The Hall–Kier alpha value is -2.29. The van der Waals surface area contributed by atoms with Gasteiger partial charge in [-0.25, -0.2) is 4.39 Å². The van der Waals surface area contributed by atoms with Crippen molar-refractivity contribution in [3.63, 3.8) is 0 Å². The number of aromatic hydroxyl groups is 1. The van der Waals surface area contributed by atoms with Crippen LogP contribution in [0.3, 0.4) is 0 Å². The molecule has 1 aliphatic heterocycles. The lowest BCUT2D eigenvalue weighted by molar-refractivity contribution is 0.249. The zero-order valence-electron chi connectivity index (χ0n) is 11.4. The van der Waals surface area contributed by atoms with Gasteiger partial charge in [0.15, 0.2) is 0 Å². The summed E-state index contributed by atoms with van der Waals surface area (Å²) in [5, 5.41) is 9.54. The lowest BCUT2D eigenvalue weighted by Gasteiger charge is -2.25. The van der Waals surface area contributed by atoms with Crippen molar-refractivity contribution in [1.82, 2.24) is 0 Å². The molecule has 0 saturated heterocycles. The van der Waals surface area contributed by atoms with Crippen molar-refractivity contribution in [2.75, 3.05) is 0 Å². The quantitative estimate of drug-likeness (QED) is 0.833. The predicted octanol–water partition coefficient (Wildman–Crippen LogP) is 4.38. The van der Waals surface area contributed by atoms with Crippen molar-refractivity contribution in [2.45, 2.75) is 20.0 Å². The molecule has 20 heavy (non-hydrogen) atoms. The van der Waals surface area contributed by atoms with Crippen LogP contribution in [0, 0.1) is 12.7 Å². The van der Waals surface area contributed by atoms with Crippen LogP contribution >= 0.6 is 0 Å². The first kappa shape index (κ1) is 12.7. The van der Waals surface area contributed by atoms with Gasteiger partial charge in [-0.2, -0.15) is 0 Å². The maximum absolute atomic E-state index is 13.2. The van der Waals surface area contributed by atoms with Gasteiger partial charge in [-0.3, -0.25) is 0 Å². The highest BCUT2D eigenvalue weighted by Crippen LogP contribution is 2.39. The van der Waals surface area contributed by atoms with Crippen LogP contribution in [0.15, 0.2) is 42.5 Å². The minimum atomic E-state index is -0.243. The van der Waals surface area contributed by atoms with E-state index < -0.39 is 0 Å². The third kappa shape index (κ3) is 2.16. The molecule has 1 N–H and O–H groups in total. The average Bonchev–Trinajstić information content (AvgIpc) is 2.39. The second-order valence-electron chi connectivity index (χ2n) is 5.07. The molecule has 0 saturated carbocycles. The summed E-state index contributed by atoms with van der Waals surface area (Å²) in [6, 6.07) is 9.76. The van der Waals surface area contributed by atoms with Gasteiger partial charge in [-0.15, -0.1) is 0 Å². The Bertz CT molecular complexity index is 704. The van der Waals surface area contributed by atoms with Crippen LogP contribution in [0.2, 0.25) is 0 Å². The molecule has 1 heterocycles. The third-order valence-electron chi connectivity index (χ3n) is 3.58. The molecule has 2 nitrogen and oxygen atoms in total. The molecule has 3 rings (SSSR count). The zero-order valence-corrected chi connectivity index (χ0v) is 11.4. The largest absolute Gasteiger partial charge is 0.508 e. The lowest BCUT2D eigenvalue weighted by Crippen LogP contribution is -2.12. The Morgan fingerprint density at radius 1 is 1.10 bits per heavy atom. The van der Waals surface area contributed by atoms with E-state index in [1.165, 1.54) is 12.1 Å². The topological polar surface area (TPSA) is 29.5 Å². The van der Waals surface area contributed by atoms with E-state index in [1.807, 2.05) is 19.9 Å². The second-order valence-corrected chi connectivity index (χ2v) is 5.07. The van der Waals surface area contributed by atoms with Crippen LogP contribution in [-0.4, -0.2) is 5.11 Å². The summed E-state index contributed by atoms with van der Waals surface area (Å²) in [5.41, 5.74) is 3.74. The molecular weight excluding hydrogens is 255 g/mol. The number of fused-ring (bicyclic) bond motifs is 1. The van der Waals surface area contributed by atoms with Gasteiger partial charge in [0, 0.05) is 5.56 Å². The number of hydrogen-bond acceptors (Lipinski definition) is 2. The Labute approximate surface area is 117 Å². The molecule has 0 aromatic heterocycles. The van der Waals surface area contributed by atoms with E-state index in [-0.39, 0.29) is 17.7 Å². The van der Waals surface area contributed by atoms with Gasteiger partial charge in [0.2, 0.25) is 0 Å². The first-order valence-electron chi connectivity index (χ1n) is 6.49. The molecule has 2 aromatic carbocycles. The number of halogens is 1. The van der Waals surface area contributed by atoms with E-state index in [9.17, 15) is 9.50 Å². The zero-order chi connectivity index (χ0) is 14.3. The van der Waals surface area contributed by atoms with Gasteiger partial charge in [0.05, 0.1) is 0 Å². The molecule has 0 radical (unpaired) electrons. The Kier molecular flexibility index (Phi) is 2.97. The van der Waals surface area contributed by atoms with E-state index in [0.717, 1.165) is 28.0 Å². The van der Waals surface area contributed by atoms with Crippen LogP contribution in [-0.2, 0) is 0 Å². The van der Waals surface area contributed by atoms with E-state index in [1.54, 1.807) is 24.3 Å². The van der Waals surface area contributed by atoms with Crippen molar-refractivity contribution in [3.05, 3.63) is 65.0 Å². The lowest BCUT2D eigenvalue weighted by atomic mass is 9.96. The standard InChI is InChI=1S/C17H15FO2/c1-10-7-12(18)3-5-14(10)17-8-11(2)15-9-13(19)4-6-16(15)20-17/h3-9,17,19H,1-2H3. The smallest absolute Gasteiger partial charge is 0.143 e. The van der Waals surface area contributed by atoms with Crippen LogP contribution in [0.4, 0.5) is 4.39 Å². The number of allylic oxidation sites excluding steroid dienone is 1. The fourth-order valence-corrected chi connectivity index (χ4v) is 2.53. The SMILES string of the molecule is CC1=CC(c2ccc(F)cc2C)Oc2ccc(O)cc21. The maximum Gasteiger partial charge on any atom is 0.143 e. The average molecular weight is 270 g/mol. The Morgan fingerprint density at radius 2 is 1.90 bits per heavy atom. The number of aryl methyl sites for hydroxylation is 1.